The van der Waals surface area contributed by atoms with Crippen LogP contribution in [0.4, 0.5) is 0 Å². The first-order valence-electron chi connectivity index (χ1n) is 8.95. The van der Waals surface area contributed by atoms with Gasteiger partial charge in [0, 0.05) is 12.3 Å². The maximum atomic E-state index is 12.3. The summed E-state index contributed by atoms with van der Waals surface area (Å²) in [5, 5.41) is 0. The molecule has 2 rings (SSSR count). The highest BCUT2D eigenvalue weighted by molar-refractivity contribution is 5.90. The van der Waals surface area contributed by atoms with Crippen LogP contribution >= 0.6 is 0 Å². The lowest BCUT2D eigenvalue weighted by molar-refractivity contribution is -0.152. The fourth-order valence-corrected chi connectivity index (χ4v) is 3.86. The Hall–Kier alpha value is -1.58. The van der Waals surface area contributed by atoms with Crippen molar-refractivity contribution in [2.45, 2.75) is 60.0 Å². The van der Waals surface area contributed by atoms with Crippen molar-refractivity contribution in [3.8, 4) is 0 Å². The Balaban J connectivity index is 2.41. The van der Waals surface area contributed by atoms with E-state index in [9.17, 15) is 9.59 Å². The van der Waals surface area contributed by atoms with Crippen LogP contribution in [0.1, 0.15) is 53.9 Å². The second kappa shape index (κ2) is 7.54. The van der Waals surface area contributed by atoms with Crippen molar-refractivity contribution >= 4 is 11.9 Å². The fraction of sp³-hybridized carbons (Fsp3) is 0.700. The first-order chi connectivity index (χ1) is 11.3. The first-order valence-corrected chi connectivity index (χ1v) is 8.95. The van der Waals surface area contributed by atoms with Gasteiger partial charge in [-0.05, 0) is 31.6 Å². The Morgan fingerprint density at radius 1 is 1.21 bits per heavy atom. The molecule has 0 aromatic rings. The first kappa shape index (κ1) is 18.8. The van der Waals surface area contributed by atoms with E-state index in [1.54, 1.807) is 13.8 Å². The lowest BCUT2D eigenvalue weighted by Crippen LogP contribution is -2.36. The average molecular weight is 334 g/mol. The van der Waals surface area contributed by atoms with Gasteiger partial charge in [0.05, 0.1) is 18.6 Å². The van der Waals surface area contributed by atoms with E-state index in [2.05, 4.69) is 20.8 Å². The lowest BCUT2D eigenvalue weighted by atomic mass is 9.66. The number of hydrogen-bond acceptors (Lipinski definition) is 4. The molecule has 0 saturated carbocycles. The Bertz CT molecular complexity index is 568. The largest absolute Gasteiger partial charge is 0.466 e. The number of fused-ring (bicyclic) bond motifs is 1. The highest BCUT2D eigenvalue weighted by atomic mass is 16.6. The maximum absolute atomic E-state index is 12.3. The molecular weight excluding hydrogens is 304 g/mol. The number of rotatable bonds is 4. The third kappa shape index (κ3) is 3.73. The van der Waals surface area contributed by atoms with Crippen LogP contribution in [-0.2, 0) is 19.1 Å². The summed E-state index contributed by atoms with van der Waals surface area (Å²) in [4.78, 5) is 24.3. The van der Waals surface area contributed by atoms with Crippen molar-refractivity contribution in [1.82, 2.24) is 0 Å². The minimum absolute atomic E-state index is 0.216. The van der Waals surface area contributed by atoms with Crippen molar-refractivity contribution in [3.63, 3.8) is 0 Å². The second-order valence-electron chi connectivity index (χ2n) is 7.68. The Labute approximate surface area is 145 Å². The molecule has 3 atom stereocenters. The van der Waals surface area contributed by atoms with E-state index < -0.39 is 6.10 Å². The molecule has 0 saturated heterocycles. The zero-order valence-corrected chi connectivity index (χ0v) is 15.7. The van der Waals surface area contributed by atoms with Crippen molar-refractivity contribution in [2.24, 2.45) is 23.7 Å². The fourth-order valence-electron chi connectivity index (χ4n) is 3.86. The van der Waals surface area contributed by atoms with Gasteiger partial charge in [0.25, 0.3) is 0 Å². The Morgan fingerprint density at radius 3 is 2.42 bits per heavy atom. The second-order valence-corrected chi connectivity index (χ2v) is 7.68. The number of carbonyl (C=O) groups excluding carboxylic acids is 2. The molecule has 0 radical (unpaired) electrons. The third-order valence-electron chi connectivity index (χ3n) is 5.38. The zero-order chi connectivity index (χ0) is 18.0. The van der Waals surface area contributed by atoms with Crippen molar-refractivity contribution in [2.75, 3.05) is 7.11 Å². The number of methoxy groups -OCH3 is 1. The van der Waals surface area contributed by atoms with Gasteiger partial charge in [0.1, 0.15) is 6.10 Å². The summed E-state index contributed by atoms with van der Waals surface area (Å²) < 4.78 is 10.6. The van der Waals surface area contributed by atoms with Gasteiger partial charge >= 0.3 is 11.9 Å². The van der Waals surface area contributed by atoms with Crippen LogP contribution in [0, 0.1) is 23.7 Å². The van der Waals surface area contributed by atoms with Crippen LogP contribution in [0.2, 0.25) is 0 Å². The number of ether oxygens (including phenoxy) is 2. The molecular formula is C20H30O4. The predicted molar refractivity (Wildman–Crippen MR) is 93.2 cm³/mol. The van der Waals surface area contributed by atoms with E-state index >= 15 is 0 Å². The van der Waals surface area contributed by atoms with Gasteiger partial charge < -0.3 is 9.47 Å². The van der Waals surface area contributed by atoms with Crippen LogP contribution in [0.25, 0.3) is 0 Å². The molecule has 24 heavy (non-hydrogen) atoms. The normalized spacial score (nSPS) is 27.0. The molecule has 2 aliphatic rings. The topological polar surface area (TPSA) is 52.6 Å². The summed E-state index contributed by atoms with van der Waals surface area (Å²) >= 11 is 0. The average Bonchev–Trinajstić information content (AvgIpc) is 2.53. The summed E-state index contributed by atoms with van der Waals surface area (Å²) in [5.74, 6) is 0.436. The van der Waals surface area contributed by atoms with E-state index in [4.69, 9.17) is 9.47 Å². The van der Waals surface area contributed by atoms with Crippen molar-refractivity contribution in [3.05, 3.63) is 22.8 Å². The highest BCUT2D eigenvalue weighted by Crippen LogP contribution is 2.45. The number of hydrogen-bond donors (Lipinski definition) is 0. The predicted octanol–water partition coefficient (Wildman–Crippen LogP) is 4.06. The van der Waals surface area contributed by atoms with E-state index in [0.717, 1.165) is 12.8 Å². The summed E-state index contributed by atoms with van der Waals surface area (Å²) in [6.07, 6.45) is 4.31. The smallest absolute Gasteiger partial charge is 0.337 e. The van der Waals surface area contributed by atoms with Crippen LogP contribution < -0.4 is 0 Å². The van der Waals surface area contributed by atoms with Gasteiger partial charge in [-0.15, -0.1) is 0 Å². The lowest BCUT2D eigenvalue weighted by Gasteiger charge is -2.40. The van der Waals surface area contributed by atoms with Gasteiger partial charge in [-0.2, -0.15) is 0 Å². The van der Waals surface area contributed by atoms with Gasteiger partial charge in [-0.3, -0.25) is 4.79 Å². The summed E-state index contributed by atoms with van der Waals surface area (Å²) in [7, 11) is 1.38. The molecule has 0 N–H and O–H groups in total. The number of allylic oxidation sites excluding steroid dienone is 2. The standard InChI is InChI=1S/C20H30O4/c1-11(2)14-8-7-13(5)15-10-18(24-19(21)12(3)4)17(9-16(14)15)20(22)23-6/h9,11-12,14,16,18H,7-8,10H2,1-6H3/t14-,16-,18-/m0/s1. The molecule has 0 heterocycles. The van der Waals surface area contributed by atoms with E-state index in [1.807, 2.05) is 6.08 Å². The van der Waals surface area contributed by atoms with Gasteiger partial charge in [-0.1, -0.05) is 44.9 Å². The molecule has 4 nitrogen and oxygen atoms in total. The molecule has 134 valence electrons. The molecule has 0 aromatic heterocycles. The molecule has 0 unspecified atom stereocenters. The monoisotopic (exact) mass is 334 g/mol. The molecule has 0 aromatic carbocycles. The van der Waals surface area contributed by atoms with Crippen molar-refractivity contribution in [1.29, 1.82) is 0 Å². The molecule has 0 aliphatic heterocycles. The van der Waals surface area contributed by atoms with Crippen LogP contribution in [-0.4, -0.2) is 25.2 Å². The number of esters is 2. The van der Waals surface area contributed by atoms with Crippen LogP contribution in [0.5, 0.6) is 0 Å². The molecule has 0 bridgehead atoms. The quantitative estimate of drug-likeness (QED) is 0.575. The maximum Gasteiger partial charge on any atom is 0.337 e. The number of carbonyl (C=O) groups is 2. The summed E-state index contributed by atoms with van der Waals surface area (Å²) in [6, 6.07) is 0. The highest BCUT2D eigenvalue weighted by Gasteiger charge is 2.40. The summed E-state index contributed by atoms with van der Waals surface area (Å²) in [5.41, 5.74) is 3.22. The SMILES string of the molecule is COC(=O)C1=C[C@@H]2C(=C(C)CC[C@H]2C(C)C)C[C@@H]1OC(=O)C(C)C. The molecule has 4 heteroatoms. The zero-order valence-electron chi connectivity index (χ0n) is 15.7. The molecule has 0 fully saturated rings. The minimum Gasteiger partial charge on any atom is -0.466 e. The van der Waals surface area contributed by atoms with E-state index in [0.29, 0.717) is 23.8 Å². The molecule has 2 aliphatic carbocycles. The van der Waals surface area contributed by atoms with Crippen LogP contribution in [0.15, 0.2) is 22.8 Å². The summed E-state index contributed by atoms with van der Waals surface area (Å²) in [6.45, 7) is 10.2. The van der Waals surface area contributed by atoms with Crippen LogP contribution in [0.3, 0.4) is 0 Å². The van der Waals surface area contributed by atoms with Gasteiger partial charge in [0.15, 0.2) is 0 Å². The molecule has 0 amide bonds. The Morgan fingerprint density at radius 2 is 1.88 bits per heavy atom. The molecule has 0 spiro atoms. The van der Waals surface area contributed by atoms with Gasteiger partial charge in [0.2, 0.25) is 0 Å². The van der Waals surface area contributed by atoms with E-state index in [1.165, 1.54) is 18.3 Å². The Kier molecular flexibility index (Phi) is 5.89. The van der Waals surface area contributed by atoms with E-state index in [-0.39, 0.29) is 23.8 Å². The van der Waals surface area contributed by atoms with Crippen molar-refractivity contribution < 1.29 is 19.1 Å². The third-order valence-corrected chi connectivity index (χ3v) is 5.38. The minimum atomic E-state index is -0.528. The van der Waals surface area contributed by atoms with Gasteiger partial charge in [-0.25, -0.2) is 4.79 Å².